The molecule has 0 aromatic rings. The van der Waals surface area contributed by atoms with Crippen LogP contribution >= 0.6 is 0 Å². The molecule has 2 aliphatic rings. The highest BCUT2D eigenvalue weighted by Crippen LogP contribution is 2.51. The van der Waals surface area contributed by atoms with Gasteiger partial charge in [0, 0.05) is 0 Å². The first-order valence-electron chi connectivity index (χ1n) is 12.6. The number of hydrogen-bond donors (Lipinski definition) is 1. The quantitative estimate of drug-likeness (QED) is 0.314. The second-order valence-corrected chi connectivity index (χ2v) is 10.8. The highest BCUT2D eigenvalue weighted by Gasteiger charge is 2.45. The summed E-state index contributed by atoms with van der Waals surface area (Å²) in [6.45, 7) is 11.8. The van der Waals surface area contributed by atoms with Crippen LogP contribution in [-0.4, -0.2) is 23.7 Å². The summed E-state index contributed by atoms with van der Waals surface area (Å²) in [5.74, 6) is -0.00123. The lowest BCUT2D eigenvalue weighted by Crippen LogP contribution is -2.44. The average Bonchev–Trinajstić information content (AvgIpc) is 2.70. The van der Waals surface area contributed by atoms with Crippen LogP contribution in [0.2, 0.25) is 0 Å². The van der Waals surface area contributed by atoms with Gasteiger partial charge in [0.25, 0.3) is 0 Å². The highest BCUT2D eigenvalue weighted by atomic mass is 16.5. The van der Waals surface area contributed by atoms with E-state index in [0.29, 0.717) is 37.2 Å². The van der Waals surface area contributed by atoms with Crippen molar-refractivity contribution in [3.8, 4) is 0 Å². The Morgan fingerprint density at radius 3 is 2.37 bits per heavy atom. The Kier molecular flexibility index (Phi) is 9.68. The van der Waals surface area contributed by atoms with Crippen molar-refractivity contribution in [2.75, 3.05) is 6.61 Å². The van der Waals surface area contributed by atoms with Gasteiger partial charge in [-0.3, -0.25) is 9.59 Å². The summed E-state index contributed by atoms with van der Waals surface area (Å²) in [7, 11) is 0. The molecule has 0 amide bonds. The second kappa shape index (κ2) is 11.5. The van der Waals surface area contributed by atoms with E-state index in [4.69, 9.17) is 4.74 Å². The Morgan fingerprint density at radius 2 is 1.73 bits per heavy atom. The Balaban J connectivity index is 1.97. The minimum absolute atomic E-state index is 0.151. The van der Waals surface area contributed by atoms with Gasteiger partial charge < -0.3 is 9.84 Å². The number of hydrogen-bond acceptors (Lipinski definition) is 3. The summed E-state index contributed by atoms with van der Waals surface area (Å²) in [5, 5.41) is 9.58. The average molecular weight is 423 g/mol. The number of aliphatic carboxylic acids is 1. The zero-order valence-electron chi connectivity index (χ0n) is 20.1. The van der Waals surface area contributed by atoms with E-state index in [1.54, 1.807) is 0 Å². The molecule has 2 aliphatic carbocycles. The number of esters is 1. The Labute approximate surface area is 184 Å². The molecule has 4 nitrogen and oxygen atoms in total. The normalized spacial score (nSPS) is 33.8. The SMILES string of the molecule is CCCCCCC1C(CC)CCC(COC(=O)C2CCC(C)CC2C(=O)O)C1(C)C. The molecule has 2 fully saturated rings. The molecule has 6 unspecified atom stereocenters. The third-order valence-corrected chi connectivity index (χ3v) is 8.52. The fourth-order valence-corrected chi connectivity index (χ4v) is 6.31. The summed E-state index contributed by atoms with van der Waals surface area (Å²) in [5.41, 5.74) is 0.151. The molecule has 0 spiro atoms. The fraction of sp³-hybridized carbons (Fsp3) is 0.923. The van der Waals surface area contributed by atoms with Gasteiger partial charge in [-0.1, -0.05) is 66.7 Å². The van der Waals surface area contributed by atoms with Gasteiger partial charge in [-0.05, 0) is 67.6 Å². The van der Waals surface area contributed by atoms with Gasteiger partial charge in [0.15, 0.2) is 0 Å². The van der Waals surface area contributed by atoms with Gasteiger partial charge in [-0.2, -0.15) is 0 Å². The number of unbranched alkanes of at least 4 members (excludes halogenated alkanes) is 3. The van der Waals surface area contributed by atoms with Crippen molar-refractivity contribution in [2.24, 2.45) is 40.9 Å². The molecule has 174 valence electrons. The van der Waals surface area contributed by atoms with E-state index >= 15 is 0 Å². The highest BCUT2D eigenvalue weighted by molar-refractivity contribution is 5.81. The van der Waals surface area contributed by atoms with Crippen LogP contribution in [0.4, 0.5) is 0 Å². The topological polar surface area (TPSA) is 63.6 Å². The maximum atomic E-state index is 12.8. The van der Waals surface area contributed by atoms with Crippen LogP contribution in [0.1, 0.15) is 105 Å². The second-order valence-electron chi connectivity index (χ2n) is 10.8. The van der Waals surface area contributed by atoms with Crippen molar-refractivity contribution >= 4 is 11.9 Å². The predicted molar refractivity (Wildman–Crippen MR) is 121 cm³/mol. The standard InChI is InChI=1S/C26H46O4/c1-6-8-9-10-11-23-19(7-2)13-14-20(26(23,4)5)17-30-25(29)21-15-12-18(3)16-22(21)24(27)28/h18-23H,6-17H2,1-5H3,(H,27,28). The van der Waals surface area contributed by atoms with Crippen LogP contribution in [0.5, 0.6) is 0 Å². The first kappa shape index (κ1) is 25.2. The summed E-state index contributed by atoms with van der Waals surface area (Å²) in [4.78, 5) is 24.5. The predicted octanol–water partition coefficient (Wildman–Crippen LogP) is 6.72. The van der Waals surface area contributed by atoms with Crippen LogP contribution < -0.4 is 0 Å². The van der Waals surface area contributed by atoms with Crippen LogP contribution in [0.3, 0.4) is 0 Å². The third kappa shape index (κ3) is 6.23. The number of ether oxygens (including phenoxy) is 1. The smallest absolute Gasteiger partial charge is 0.309 e. The number of rotatable bonds is 10. The van der Waals surface area contributed by atoms with E-state index < -0.39 is 17.8 Å². The molecule has 4 heteroatoms. The summed E-state index contributed by atoms with van der Waals surface area (Å²) in [6.07, 6.45) is 12.2. The van der Waals surface area contributed by atoms with E-state index in [2.05, 4.69) is 34.6 Å². The van der Waals surface area contributed by atoms with Gasteiger partial charge in [-0.25, -0.2) is 0 Å². The molecule has 2 saturated carbocycles. The molecular formula is C26H46O4. The molecule has 2 rings (SSSR count). The molecule has 6 atom stereocenters. The molecular weight excluding hydrogens is 376 g/mol. The van der Waals surface area contributed by atoms with Gasteiger partial charge in [0.05, 0.1) is 18.4 Å². The van der Waals surface area contributed by atoms with Gasteiger partial charge in [-0.15, -0.1) is 0 Å². The minimum atomic E-state index is -0.848. The molecule has 0 aromatic carbocycles. The summed E-state index contributed by atoms with van der Waals surface area (Å²) in [6, 6.07) is 0. The van der Waals surface area contributed by atoms with Crippen LogP contribution in [0.15, 0.2) is 0 Å². The van der Waals surface area contributed by atoms with Crippen molar-refractivity contribution in [3.05, 3.63) is 0 Å². The Bertz CT molecular complexity index is 555. The lowest BCUT2D eigenvalue weighted by molar-refractivity contribution is -0.163. The van der Waals surface area contributed by atoms with E-state index in [0.717, 1.165) is 18.8 Å². The summed E-state index contributed by atoms with van der Waals surface area (Å²) < 4.78 is 5.83. The van der Waals surface area contributed by atoms with Crippen LogP contribution in [0, 0.1) is 40.9 Å². The molecule has 0 aromatic heterocycles. The maximum absolute atomic E-state index is 12.8. The lowest BCUT2D eigenvalue weighted by Gasteiger charge is -2.49. The summed E-state index contributed by atoms with van der Waals surface area (Å²) >= 11 is 0. The van der Waals surface area contributed by atoms with Crippen LogP contribution in [-0.2, 0) is 14.3 Å². The first-order chi connectivity index (χ1) is 14.2. The number of carbonyl (C=O) groups is 2. The molecule has 0 heterocycles. The van der Waals surface area contributed by atoms with Gasteiger partial charge in [0.1, 0.15) is 0 Å². The largest absolute Gasteiger partial charge is 0.481 e. The molecule has 0 radical (unpaired) electrons. The van der Waals surface area contributed by atoms with Crippen molar-refractivity contribution in [1.82, 2.24) is 0 Å². The maximum Gasteiger partial charge on any atom is 0.309 e. The number of carbonyl (C=O) groups excluding carboxylic acids is 1. The monoisotopic (exact) mass is 422 g/mol. The van der Waals surface area contributed by atoms with Crippen molar-refractivity contribution in [1.29, 1.82) is 0 Å². The molecule has 0 saturated heterocycles. The number of carboxylic acids is 1. The molecule has 0 bridgehead atoms. The number of carboxylic acid groups (broad SMARTS) is 1. The van der Waals surface area contributed by atoms with Gasteiger partial charge in [0.2, 0.25) is 0 Å². The minimum Gasteiger partial charge on any atom is -0.481 e. The third-order valence-electron chi connectivity index (χ3n) is 8.52. The zero-order chi connectivity index (χ0) is 22.3. The Hall–Kier alpha value is -1.06. The Morgan fingerprint density at radius 1 is 1.00 bits per heavy atom. The molecule has 1 N–H and O–H groups in total. The fourth-order valence-electron chi connectivity index (χ4n) is 6.31. The van der Waals surface area contributed by atoms with E-state index in [1.165, 1.54) is 44.9 Å². The van der Waals surface area contributed by atoms with Crippen molar-refractivity contribution < 1.29 is 19.4 Å². The van der Waals surface area contributed by atoms with Crippen molar-refractivity contribution in [2.45, 2.75) is 105 Å². The molecule has 0 aliphatic heterocycles. The first-order valence-corrected chi connectivity index (χ1v) is 12.6. The lowest BCUT2D eigenvalue weighted by atomic mass is 9.56. The van der Waals surface area contributed by atoms with Gasteiger partial charge >= 0.3 is 11.9 Å². The van der Waals surface area contributed by atoms with E-state index in [-0.39, 0.29) is 11.4 Å². The molecule has 30 heavy (non-hydrogen) atoms. The zero-order valence-corrected chi connectivity index (χ0v) is 20.1. The van der Waals surface area contributed by atoms with Crippen molar-refractivity contribution in [3.63, 3.8) is 0 Å². The van der Waals surface area contributed by atoms with Crippen LogP contribution in [0.25, 0.3) is 0 Å². The van der Waals surface area contributed by atoms with E-state index in [1.807, 2.05) is 0 Å². The van der Waals surface area contributed by atoms with E-state index in [9.17, 15) is 14.7 Å².